The van der Waals surface area contributed by atoms with E-state index in [1.165, 1.54) is 12.1 Å². The lowest BCUT2D eigenvalue weighted by atomic mass is 10.2. The summed E-state index contributed by atoms with van der Waals surface area (Å²) in [5.74, 6) is -1.88. The molecule has 2 nitrogen and oxygen atoms in total. The number of halogens is 4. The molecule has 1 atom stereocenters. The molecule has 1 unspecified atom stereocenters. The van der Waals surface area contributed by atoms with Gasteiger partial charge < -0.3 is 5.32 Å². The van der Waals surface area contributed by atoms with Crippen LogP contribution < -0.4 is 5.32 Å². The summed E-state index contributed by atoms with van der Waals surface area (Å²) in [6, 6.07) is 4.58. The fraction of sp³-hybridized carbons (Fsp3) is 0.154. The Hall–Kier alpha value is -1.56. The van der Waals surface area contributed by atoms with E-state index >= 15 is 0 Å². The predicted molar refractivity (Wildman–Crippen MR) is 70.3 cm³/mol. The lowest BCUT2D eigenvalue weighted by Gasteiger charge is -2.16. The first-order valence-electron chi connectivity index (χ1n) is 5.50. The van der Waals surface area contributed by atoms with Crippen molar-refractivity contribution in [3.05, 3.63) is 58.1 Å². The van der Waals surface area contributed by atoms with Gasteiger partial charge in [0, 0.05) is 4.47 Å². The van der Waals surface area contributed by atoms with Crippen molar-refractivity contribution in [1.82, 2.24) is 4.98 Å². The Kier molecular flexibility index (Phi) is 4.09. The van der Waals surface area contributed by atoms with Crippen molar-refractivity contribution in [2.24, 2.45) is 0 Å². The Morgan fingerprint density at radius 1 is 1.16 bits per heavy atom. The van der Waals surface area contributed by atoms with Gasteiger partial charge in [-0.05, 0) is 31.2 Å². The van der Waals surface area contributed by atoms with Gasteiger partial charge in [-0.15, -0.1) is 0 Å². The molecule has 1 aromatic carbocycles. The molecule has 0 bridgehead atoms. The summed E-state index contributed by atoms with van der Waals surface area (Å²) >= 11 is 3.00. The van der Waals surface area contributed by atoms with E-state index in [2.05, 4.69) is 26.2 Å². The summed E-state index contributed by atoms with van der Waals surface area (Å²) in [5.41, 5.74) is 0.255. The fourth-order valence-corrected chi connectivity index (χ4v) is 2.02. The zero-order valence-corrected chi connectivity index (χ0v) is 11.5. The average molecular weight is 331 g/mol. The highest BCUT2D eigenvalue weighted by molar-refractivity contribution is 9.10. The largest absolute Gasteiger partial charge is 0.372 e. The van der Waals surface area contributed by atoms with Gasteiger partial charge in [0.05, 0.1) is 17.9 Å². The van der Waals surface area contributed by atoms with Crippen LogP contribution in [0.1, 0.15) is 18.7 Å². The SMILES string of the molecule is CC(Nc1c(F)cc(Br)cc1F)c1ccc(F)cn1. The summed E-state index contributed by atoms with van der Waals surface area (Å²) in [6.07, 6.45) is 1.06. The Morgan fingerprint density at radius 3 is 2.32 bits per heavy atom. The number of hydrogen-bond acceptors (Lipinski definition) is 2. The van der Waals surface area contributed by atoms with E-state index in [1.54, 1.807) is 6.92 Å². The molecule has 6 heteroatoms. The Balaban J connectivity index is 2.24. The van der Waals surface area contributed by atoms with E-state index in [0.29, 0.717) is 10.2 Å². The maximum atomic E-state index is 13.6. The number of rotatable bonds is 3. The lowest BCUT2D eigenvalue weighted by Crippen LogP contribution is -2.11. The second-order valence-corrected chi connectivity index (χ2v) is 4.93. The summed E-state index contributed by atoms with van der Waals surface area (Å²) in [7, 11) is 0. The average Bonchev–Trinajstić information content (AvgIpc) is 2.34. The minimum atomic E-state index is -0.708. The maximum Gasteiger partial charge on any atom is 0.150 e. The van der Waals surface area contributed by atoms with Crippen LogP contribution in [0.5, 0.6) is 0 Å². The van der Waals surface area contributed by atoms with Gasteiger partial charge in [0.25, 0.3) is 0 Å². The molecule has 0 aliphatic heterocycles. The van der Waals surface area contributed by atoms with Crippen LogP contribution in [-0.2, 0) is 0 Å². The molecular formula is C13H10BrF3N2. The molecule has 0 aliphatic rings. The molecule has 100 valence electrons. The Bertz CT molecular complexity index is 564. The third kappa shape index (κ3) is 3.26. The van der Waals surface area contributed by atoms with E-state index < -0.39 is 23.5 Å². The number of benzene rings is 1. The van der Waals surface area contributed by atoms with Crippen molar-refractivity contribution < 1.29 is 13.2 Å². The minimum Gasteiger partial charge on any atom is -0.372 e. The van der Waals surface area contributed by atoms with Crippen molar-refractivity contribution in [3.8, 4) is 0 Å². The standard InChI is InChI=1S/C13H10BrF3N2/c1-7(12-3-2-9(15)6-18-12)19-13-10(16)4-8(14)5-11(13)17/h2-7,19H,1H3. The van der Waals surface area contributed by atoms with E-state index in [9.17, 15) is 13.2 Å². The van der Waals surface area contributed by atoms with Crippen molar-refractivity contribution in [2.75, 3.05) is 5.32 Å². The molecule has 0 radical (unpaired) electrons. The number of hydrogen-bond donors (Lipinski definition) is 1. The molecule has 0 saturated carbocycles. The van der Waals surface area contributed by atoms with Gasteiger partial charge >= 0.3 is 0 Å². The monoisotopic (exact) mass is 330 g/mol. The van der Waals surface area contributed by atoms with Crippen molar-refractivity contribution in [1.29, 1.82) is 0 Å². The highest BCUT2D eigenvalue weighted by atomic mass is 79.9. The van der Waals surface area contributed by atoms with E-state index in [0.717, 1.165) is 18.3 Å². The fourth-order valence-electron chi connectivity index (χ4n) is 1.61. The van der Waals surface area contributed by atoms with Gasteiger partial charge in [-0.1, -0.05) is 15.9 Å². The highest BCUT2D eigenvalue weighted by Gasteiger charge is 2.14. The summed E-state index contributed by atoms with van der Waals surface area (Å²) in [5, 5.41) is 2.69. The van der Waals surface area contributed by atoms with Crippen LogP contribution in [0.3, 0.4) is 0 Å². The third-order valence-corrected chi connectivity index (χ3v) is 3.02. The first kappa shape index (κ1) is 13.9. The van der Waals surface area contributed by atoms with E-state index in [4.69, 9.17) is 0 Å². The third-order valence-electron chi connectivity index (χ3n) is 2.56. The van der Waals surface area contributed by atoms with Crippen molar-refractivity contribution in [3.63, 3.8) is 0 Å². The first-order chi connectivity index (χ1) is 8.97. The Morgan fingerprint density at radius 2 is 1.79 bits per heavy atom. The second kappa shape index (κ2) is 5.61. The number of anilines is 1. The number of pyridine rings is 1. The highest BCUT2D eigenvalue weighted by Crippen LogP contribution is 2.27. The molecule has 0 fully saturated rings. The van der Waals surface area contributed by atoms with Crippen LogP contribution in [0.2, 0.25) is 0 Å². The molecule has 1 heterocycles. The molecule has 0 amide bonds. The van der Waals surface area contributed by atoms with Gasteiger partial charge in [-0.2, -0.15) is 0 Å². The molecule has 19 heavy (non-hydrogen) atoms. The minimum absolute atomic E-state index is 0.234. The van der Waals surface area contributed by atoms with Crippen LogP contribution in [0, 0.1) is 17.5 Å². The zero-order chi connectivity index (χ0) is 14.0. The zero-order valence-electron chi connectivity index (χ0n) is 9.92. The summed E-state index contributed by atoms with van der Waals surface area (Å²) in [6.45, 7) is 1.68. The van der Waals surface area contributed by atoms with Gasteiger partial charge in [-0.3, -0.25) is 4.98 Å². The van der Waals surface area contributed by atoms with Gasteiger partial charge in [0.15, 0.2) is 0 Å². The van der Waals surface area contributed by atoms with Crippen molar-refractivity contribution in [2.45, 2.75) is 13.0 Å². The van der Waals surface area contributed by atoms with Crippen LogP contribution in [0.25, 0.3) is 0 Å². The molecule has 1 aromatic heterocycles. The summed E-state index contributed by atoms with van der Waals surface area (Å²) in [4.78, 5) is 3.86. The van der Waals surface area contributed by atoms with E-state index in [-0.39, 0.29) is 5.69 Å². The second-order valence-electron chi connectivity index (χ2n) is 4.01. The van der Waals surface area contributed by atoms with Crippen LogP contribution >= 0.6 is 15.9 Å². The number of aromatic nitrogens is 1. The molecule has 0 aliphatic carbocycles. The molecule has 2 aromatic rings. The molecule has 2 rings (SSSR count). The van der Waals surface area contributed by atoms with Crippen LogP contribution in [-0.4, -0.2) is 4.98 Å². The van der Waals surface area contributed by atoms with Crippen LogP contribution in [0.4, 0.5) is 18.9 Å². The predicted octanol–water partition coefficient (Wildman–Crippen LogP) is 4.43. The molecule has 1 N–H and O–H groups in total. The van der Waals surface area contributed by atoms with E-state index in [1.807, 2.05) is 0 Å². The molecular weight excluding hydrogens is 321 g/mol. The number of nitrogens with one attached hydrogen (secondary N) is 1. The van der Waals surface area contributed by atoms with Crippen molar-refractivity contribution >= 4 is 21.6 Å². The lowest BCUT2D eigenvalue weighted by molar-refractivity contribution is 0.581. The topological polar surface area (TPSA) is 24.9 Å². The maximum absolute atomic E-state index is 13.6. The number of nitrogens with zero attached hydrogens (tertiary/aromatic N) is 1. The summed E-state index contributed by atoms with van der Waals surface area (Å²) < 4.78 is 40.3. The quantitative estimate of drug-likeness (QED) is 0.900. The van der Waals surface area contributed by atoms with Gasteiger partial charge in [0.1, 0.15) is 23.1 Å². The molecule has 0 saturated heterocycles. The first-order valence-corrected chi connectivity index (χ1v) is 6.29. The van der Waals surface area contributed by atoms with Gasteiger partial charge in [0.2, 0.25) is 0 Å². The smallest absolute Gasteiger partial charge is 0.150 e. The van der Waals surface area contributed by atoms with Crippen LogP contribution in [0.15, 0.2) is 34.9 Å². The molecule has 0 spiro atoms. The normalized spacial score (nSPS) is 12.3. The van der Waals surface area contributed by atoms with Gasteiger partial charge in [-0.25, -0.2) is 13.2 Å². The Labute approximate surface area is 116 Å².